The zero-order valence-electron chi connectivity index (χ0n) is 12.9. The molecule has 8 heteroatoms. The molecule has 1 aliphatic carbocycles. The molecule has 122 valence electrons. The van der Waals surface area contributed by atoms with E-state index in [-0.39, 0.29) is 17.8 Å². The summed E-state index contributed by atoms with van der Waals surface area (Å²) in [6.07, 6.45) is 9.72. The highest BCUT2D eigenvalue weighted by molar-refractivity contribution is 5.90. The first kappa shape index (κ1) is 14.4. The Morgan fingerprint density at radius 1 is 1.35 bits per heavy atom. The Labute approximate surface area is 133 Å². The molecule has 8 nitrogen and oxygen atoms in total. The van der Waals surface area contributed by atoms with E-state index in [0.29, 0.717) is 11.9 Å². The molecule has 0 radical (unpaired) electrons. The van der Waals surface area contributed by atoms with Gasteiger partial charge >= 0.3 is 0 Å². The molecule has 1 amide bonds. The summed E-state index contributed by atoms with van der Waals surface area (Å²) in [4.78, 5) is 22.7. The van der Waals surface area contributed by atoms with E-state index >= 15 is 0 Å². The van der Waals surface area contributed by atoms with Gasteiger partial charge in [-0.15, -0.1) is 0 Å². The normalized spacial score (nSPS) is 21.7. The van der Waals surface area contributed by atoms with Gasteiger partial charge in [0.1, 0.15) is 0 Å². The van der Waals surface area contributed by atoms with Crippen molar-refractivity contribution in [2.24, 2.45) is 0 Å². The van der Waals surface area contributed by atoms with Gasteiger partial charge in [-0.25, -0.2) is 4.98 Å². The lowest BCUT2D eigenvalue weighted by Gasteiger charge is -2.21. The molecule has 0 spiro atoms. The van der Waals surface area contributed by atoms with Crippen molar-refractivity contribution in [1.82, 2.24) is 29.9 Å². The van der Waals surface area contributed by atoms with Crippen molar-refractivity contribution >= 4 is 5.91 Å². The number of aromatic nitrogens is 4. The fourth-order valence-corrected chi connectivity index (χ4v) is 2.98. The number of likely N-dealkylation sites (tertiary alicyclic amines) is 1. The van der Waals surface area contributed by atoms with Gasteiger partial charge in [0.15, 0.2) is 0 Å². The standard InChI is InChI=1S/C15H20N6O2/c22-14(17-11-3-4-11)13-18-15(23-19-13)12-2-1-6-21(12)9-8-20-7-5-16-10-20/h5,7,10-12H,1-4,6,8-9H2,(H,17,22)/t12-/m0/s1. The summed E-state index contributed by atoms with van der Waals surface area (Å²) in [7, 11) is 0. The maximum absolute atomic E-state index is 12.0. The van der Waals surface area contributed by atoms with E-state index in [4.69, 9.17) is 4.52 Å². The van der Waals surface area contributed by atoms with Crippen LogP contribution >= 0.6 is 0 Å². The summed E-state index contributed by atoms with van der Waals surface area (Å²) in [5, 5.41) is 6.73. The Morgan fingerprint density at radius 3 is 3.04 bits per heavy atom. The molecule has 1 saturated heterocycles. The van der Waals surface area contributed by atoms with Crippen LogP contribution in [-0.2, 0) is 6.54 Å². The second-order valence-electron chi connectivity index (χ2n) is 6.20. The molecule has 2 aliphatic rings. The van der Waals surface area contributed by atoms with Crippen LogP contribution in [-0.4, -0.2) is 49.6 Å². The molecule has 1 N–H and O–H groups in total. The molecule has 1 atom stereocenters. The van der Waals surface area contributed by atoms with Crippen molar-refractivity contribution in [3.63, 3.8) is 0 Å². The largest absolute Gasteiger partial charge is 0.346 e. The third kappa shape index (κ3) is 3.26. The van der Waals surface area contributed by atoms with Crippen molar-refractivity contribution in [2.45, 2.75) is 44.3 Å². The van der Waals surface area contributed by atoms with Gasteiger partial charge in [-0.1, -0.05) is 5.16 Å². The molecule has 1 saturated carbocycles. The van der Waals surface area contributed by atoms with Crippen molar-refractivity contribution < 1.29 is 9.32 Å². The molecular weight excluding hydrogens is 296 g/mol. The van der Waals surface area contributed by atoms with E-state index in [2.05, 4.69) is 29.9 Å². The van der Waals surface area contributed by atoms with Crippen molar-refractivity contribution in [3.8, 4) is 0 Å². The first-order valence-electron chi connectivity index (χ1n) is 8.14. The molecule has 0 bridgehead atoms. The fraction of sp³-hybridized carbons (Fsp3) is 0.600. The Hall–Kier alpha value is -2.22. The first-order chi connectivity index (χ1) is 11.3. The molecule has 1 aliphatic heterocycles. The van der Waals surface area contributed by atoms with Gasteiger partial charge in [-0.3, -0.25) is 9.69 Å². The second kappa shape index (κ2) is 6.11. The van der Waals surface area contributed by atoms with Gasteiger partial charge in [-0.05, 0) is 32.2 Å². The number of carbonyl (C=O) groups excluding carboxylic acids is 1. The van der Waals surface area contributed by atoms with Crippen LogP contribution in [0.3, 0.4) is 0 Å². The number of imidazole rings is 1. The van der Waals surface area contributed by atoms with Crippen LogP contribution in [0.4, 0.5) is 0 Å². The Balaban J connectivity index is 1.39. The van der Waals surface area contributed by atoms with Crippen molar-refractivity contribution in [1.29, 1.82) is 0 Å². The summed E-state index contributed by atoms with van der Waals surface area (Å²) in [6.45, 7) is 2.78. The number of rotatable bonds is 6. The second-order valence-corrected chi connectivity index (χ2v) is 6.20. The van der Waals surface area contributed by atoms with Gasteiger partial charge in [-0.2, -0.15) is 4.98 Å². The van der Waals surface area contributed by atoms with Crippen LogP contribution in [0.25, 0.3) is 0 Å². The molecular formula is C15H20N6O2. The quantitative estimate of drug-likeness (QED) is 0.855. The lowest BCUT2D eigenvalue weighted by molar-refractivity contribution is 0.0937. The molecule has 23 heavy (non-hydrogen) atoms. The summed E-state index contributed by atoms with van der Waals surface area (Å²) in [5.74, 6) is 0.466. The van der Waals surface area contributed by atoms with Gasteiger partial charge in [0, 0.05) is 31.5 Å². The van der Waals surface area contributed by atoms with Crippen LogP contribution in [0.2, 0.25) is 0 Å². The molecule has 0 unspecified atom stereocenters. The highest BCUT2D eigenvalue weighted by Crippen LogP contribution is 2.30. The van der Waals surface area contributed by atoms with E-state index in [0.717, 1.165) is 45.3 Å². The zero-order chi connectivity index (χ0) is 15.6. The topological polar surface area (TPSA) is 89.1 Å². The van der Waals surface area contributed by atoms with Gasteiger partial charge in [0.05, 0.1) is 12.4 Å². The Kier molecular flexibility index (Phi) is 3.82. The van der Waals surface area contributed by atoms with E-state index in [9.17, 15) is 4.79 Å². The number of nitrogens with zero attached hydrogens (tertiary/aromatic N) is 5. The van der Waals surface area contributed by atoms with Gasteiger partial charge in [0.25, 0.3) is 11.7 Å². The average molecular weight is 316 g/mol. The number of nitrogens with one attached hydrogen (secondary N) is 1. The lowest BCUT2D eigenvalue weighted by atomic mass is 10.2. The van der Waals surface area contributed by atoms with Crippen molar-refractivity contribution in [2.75, 3.05) is 13.1 Å². The summed E-state index contributed by atoms with van der Waals surface area (Å²) < 4.78 is 7.41. The third-order valence-electron chi connectivity index (χ3n) is 4.41. The van der Waals surface area contributed by atoms with Crippen LogP contribution in [0.5, 0.6) is 0 Å². The van der Waals surface area contributed by atoms with Crippen LogP contribution in [0.15, 0.2) is 23.2 Å². The molecule has 2 aromatic rings. The minimum atomic E-state index is -0.231. The highest BCUT2D eigenvalue weighted by Gasteiger charge is 2.32. The minimum Gasteiger partial charge on any atom is -0.346 e. The minimum absolute atomic E-state index is 0.105. The van der Waals surface area contributed by atoms with Gasteiger partial charge < -0.3 is 14.4 Å². The molecule has 2 aromatic heterocycles. The number of hydrogen-bond acceptors (Lipinski definition) is 6. The fourth-order valence-electron chi connectivity index (χ4n) is 2.98. The summed E-state index contributed by atoms with van der Waals surface area (Å²) in [6, 6.07) is 0.399. The number of hydrogen-bond donors (Lipinski definition) is 1. The van der Waals surface area contributed by atoms with Crippen molar-refractivity contribution in [3.05, 3.63) is 30.4 Å². The van der Waals surface area contributed by atoms with Crippen LogP contribution in [0, 0.1) is 0 Å². The smallest absolute Gasteiger partial charge is 0.292 e. The number of carbonyl (C=O) groups is 1. The van der Waals surface area contributed by atoms with Gasteiger partial charge in [0.2, 0.25) is 5.89 Å². The average Bonchev–Trinajstić information content (AvgIpc) is 3.05. The number of amides is 1. The molecule has 2 fully saturated rings. The van der Waals surface area contributed by atoms with E-state index in [1.807, 2.05) is 12.5 Å². The van der Waals surface area contributed by atoms with Crippen LogP contribution in [0.1, 0.15) is 48.2 Å². The highest BCUT2D eigenvalue weighted by atomic mass is 16.5. The molecule has 0 aromatic carbocycles. The monoisotopic (exact) mass is 316 g/mol. The third-order valence-corrected chi connectivity index (χ3v) is 4.41. The molecule has 4 rings (SSSR count). The van der Waals surface area contributed by atoms with Crippen LogP contribution < -0.4 is 5.32 Å². The lowest BCUT2D eigenvalue weighted by Crippen LogP contribution is -2.28. The molecule has 3 heterocycles. The maximum Gasteiger partial charge on any atom is 0.292 e. The maximum atomic E-state index is 12.0. The predicted molar refractivity (Wildman–Crippen MR) is 80.6 cm³/mol. The van der Waals surface area contributed by atoms with E-state index in [1.54, 1.807) is 6.20 Å². The Bertz CT molecular complexity index is 663. The predicted octanol–water partition coefficient (Wildman–Crippen LogP) is 0.995. The Morgan fingerprint density at radius 2 is 2.26 bits per heavy atom. The summed E-state index contributed by atoms with van der Waals surface area (Å²) in [5.41, 5.74) is 0. The zero-order valence-corrected chi connectivity index (χ0v) is 12.9. The summed E-state index contributed by atoms with van der Waals surface area (Å²) >= 11 is 0. The SMILES string of the molecule is O=C(NC1CC1)c1noc([C@@H]2CCCN2CCn2ccnc2)n1. The van der Waals surface area contributed by atoms with E-state index < -0.39 is 0 Å². The first-order valence-corrected chi connectivity index (χ1v) is 8.14. The van der Waals surface area contributed by atoms with E-state index in [1.165, 1.54) is 0 Å².